The van der Waals surface area contributed by atoms with Gasteiger partial charge >= 0.3 is 0 Å². The average molecular weight is 397 g/mol. The van der Waals surface area contributed by atoms with Crippen LogP contribution in [0.15, 0.2) is 34.4 Å². The van der Waals surface area contributed by atoms with Gasteiger partial charge in [-0.25, -0.2) is 0 Å². The van der Waals surface area contributed by atoms with Crippen LogP contribution in [0, 0.1) is 0 Å². The van der Waals surface area contributed by atoms with Gasteiger partial charge in [0, 0.05) is 56.5 Å². The highest BCUT2D eigenvalue weighted by molar-refractivity contribution is 9.11. The summed E-state index contributed by atoms with van der Waals surface area (Å²) >= 11 is 5.40. The van der Waals surface area contributed by atoms with Gasteiger partial charge in [-0.15, -0.1) is 11.3 Å². The Balaban J connectivity index is 1.26. The quantitative estimate of drug-likeness (QED) is 0.635. The maximum atomic E-state index is 4.25. The number of piperazine rings is 1. The van der Waals surface area contributed by atoms with Crippen molar-refractivity contribution in [2.24, 2.45) is 0 Å². The molecule has 0 unspecified atom stereocenters. The first kappa shape index (κ1) is 17.1. The Morgan fingerprint density at radius 1 is 1.00 bits per heavy atom. The Hall–Kier alpha value is -0.690. The summed E-state index contributed by atoms with van der Waals surface area (Å²) in [6.45, 7) is 8.23. The molecule has 0 spiro atoms. The molecule has 0 N–H and O–H groups in total. The molecular weight excluding hydrogens is 372 g/mol. The lowest BCUT2D eigenvalue weighted by atomic mass is 10.2. The smallest absolute Gasteiger partial charge is 0.0701 e. The molecule has 2 aromatic rings. The zero-order valence-electron chi connectivity index (χ0n) is 13.5. The van der Waals surface area contributed by atoms with Crippen molar-refractivity contribution in [3.63, 3.8) is 0 Å². The van der Waals surface area contributed by atoms with E-state index >= 15 is 0 Å². The molecule has 0 saturated carbocycles. The van der Waals surface area contributed by atoms with Crippen LogP contribution in [-0.4, -0.2) is 52.3 Å². The lowest BCUT2D eigenvalue weighted by Gasteiger charge is -2.34. The molecule has 2 aromatic heterocycles. The summed E-state index contributed by atoms with van der Waals surface area (Å²) in [6, 6.07) is 6.38. The summed E-state index contributed by atoms with van der Waals surface area (Å²) in [5.74, 6) is 0. The Labute approximate surface area is 151 Å². The van der Waals surface area contributed by atoms with Crippen molar-refractivity contribution in [1.82, 2.24) is 19.6 Å². The predicted molar refractivity (Wildman–Crippen MR) is 99.8 cm³/mol. The molecule has 0 atom stereocenters. The molecule has 3 rings (SSSR count). The Kier molecular flexibility index (Phi) is 6.68. The zero-order chi connectivity index (χ0) is 15.9. The van der Waals surface area contributed by atoms with E-state index in [9.17, 15) is 0 Å². The van der Waals surface area contributed by atoms with Gasteiger partial charge in [-0.2, -0.15) is 5.10 Å². The third-order valence-electron chi connectivity index (χ3n) is 4.39. The minimum absolute atomic E-state index is 1.05. The van der Waals surface area contributed by atoms with Gasteiger partial charge in [-0.3, -0.25) is 9.58 Å². The van der Waals surface area contributed by atoms with Crippen LogP contribution in [0.2, 0.25) is 0 Å². The fourth-order valence-electron chi connectivity index (χ4n) is 3.05. The molecule has 1 aliphatic heterocycles. The highest BCUT2D eigenvalue weighted by Crippen LogP contribution is 2.23. The molecule has 126 valence electrons. The van der Waals surface area contributed by atoms with Crippen molar-refractivity contribution < 1.29 is 0 Å². The van der Waals surface area contributed by atoms with Crippen LogP contribution in [0.4, 0.5) is 0 Å². The summed E-state index contributed by atoms with van der Waals surface area (Å²) in [7, 11) is 0. The number of halogens is 1. The van der Waals surface area contributed by atoms with E-state index < -0.39 is 0 Å². The average Bonchev–Trinajstić information content (AvgIpc) is 3.20. The van der Waals surface area contributed by atoms with E-state index in [1.807, 2.05) is 34.5 Å². The maximum absolute atomic E-state index is 4.25. The van der Waals surface area contributed by atoms with Crippen molar-refractivity contribution in [2.45, 2.75) is 32.4 Å². The summed E-state index contributed by atoms with van der Waals surface area (Å²) in [5.41, 5.74) is 0. The van der Waals surface area contributed by atoms with E-state index in [-0.39, 0.29) is 0 Å². The first-order chi connectivity index (χ1) is 11.3. The minimum atomic E-state index is 1.05. The first-order valence-electron chi connectivity index (χ1n) is 8.46. The lowest BCUT2D eigenvalue weighted by Crippen LogP contribution is -2.45. The van der Waals surface area contributed by atoms with E-state index in [0.29, 0.717) is 0 Å². The highest BCUT2D eigenvalue weighted by atomic mass is 79.9. The van der Waals surface area contributed by atoms with Crippen molar-refractivity contribution in [3.05, 3.63) is 39.3 Å². The van der Waals surface area contributed by atoms with Gasteiger partial charge in [0.25, 0.3) is 0 Å². The molecule has 0 bridgehead atoms. The van der Waals surface area contributed by atoms with Gasteiger partial charge in [0.05, 0.1) is 3.79 Å². The van der Waals surface area contributed by atoms with Crippen LogP contribution in [0.5, 0.6) is 0 Å². The number of nitrogens with zero attached hydrogens (tertiary/aromatic N) is 4. The number of unbranched alkanes of at least 4 members (excludes halogenated alkanes) is 2. The topological polar surface area (TPSA) is 24.3 Å². The second kappa shape index (κ2) is 8.97. The molecule has 3 heterocycles. The third kappa shape index (κ3) is 5.71. The van der Waals surface area contributed by atoms with E-state index in [2.05, 4.69) is 43.0 Å². The summed E-state index contributed by atoms with van der Waals surface area (Å²) in [6.07, 6.45) is 7.73. The van der Waals surface area contributed by atoms with Gasteiger partial charge < -0.3 is 4.90 Å². The Morgan fingerprint density at radius 2 is 1.78 bits per heavy atom. The van der Waals surface area contributed by atoms with Crippen LogP contribution in [0.1, 0.15) is 24.1 Å². The summed E-state index contributed by atoms with van der Waals surface area (Å²) in [5, 5.41) is 4.25. The van der Waals surface area contributed by atoms with Gasteiger partial charge in [0.1, 0.15) is 0 Å². The number of rotatable bonds is 8. The Morgan fingerprint density at radius 3 is 2.48 bits per heavy atom. The lowest BCUT2D eigenvalue weighted by molar-refractivity contribution is 0.126. The fourth-order valence-corrected chi connectivity index (χ4v) is 4.57. The van der Waals surface area contributed by atoms with Gasteiger partial charge in [0.2, 0.25) is 0 Å². The molecule has 4 nitrogen and oxygen atoms in total. The SMILES string of the molecule is Brc1ccc(CN2CCN(CCCCCn3cccn3)CC2)s1. The van der Waals surface area contributed by atoms with Crippen LogP contribution in [0.25, 0.3) is 0 Å². The number of aromatic nitrogens is 2. The fraction of sp³-hybridized carbons (Fsp3) is 0.588. The van der Waals surface area contributed by atoms with Crippen molar-refractivity contribution in [3.8, 4) is 0 Å². The standard InChI is InChI=1S/C17H25BrN4S/c18-17-6-5-16(23-17)15-21-13-11-20(12-14-21)8-2-1-3-9-22-10-4-7-19-22/h4-7,10H,1-3,8-9,11-15H2. The molecule has 1 aliphatic rings. The van der Waals surface area contributed by atoms with Crippen LogP contribution in [-0.2, 0) is 13.1 Å². The van der Waals surface area contributed by atoms with E-state index in [1.54, 1.807) is 0 Å². The number of hydrogen-bond acceptors (Lipinski definition) is 4. The largest absolute Gasteiger partial charge is 0.301 e. The maximum Gasteiger partial charge on any atom is 0.0701 e. The minimum Gasteiger partial charge on any atom is -0.301 e. The van der Waals surface area contributed by atoms with Crippen LogP contribution in [0.3, 0.4) is 0 Å². The van der Waals surface area contributed by atoms with Crippen molar-refractivity contribution in [2.75, 3.05) is 32.7 Å². The molecular formula is C17H25BrN4S. The second-order valence-electron chi connectivity index (χ2n) is 6.15. The predicted octanol–water partition coefficient (Wildman–Crippen LogP) is 3.70. The summed E-state index contributed by atoms with van der Waals surface area (Å²) in [4.78, 5) is 6.66. The van der Waals surface area contributed by atoms with E-state index in [0.717, 1.165) is 13.1 Å². The van der Waals surface area contributed by atoms with Crippen LogP contribution >= 0.6 is 27.3 Å². The van der Waals surface area contributed by atoms with Crippen molar-refractivity contribution >= 4 is 27.3 Å². The molecule has 0 amide bonds. The molecule has 0 aliphatic carbocycles. The second-order valence-corrected chi connectivity index (χ2v) is 8.70. The van der Waals surface area contributed by atoms with Gasteiger partial charge in [-0.1, -0.05) is 6.42 Å². The molecule has 0 radical (unpaired) electrons. The molecule has 1 fully saturated rings. The molecule has 1 saturated heterocycles. The molecule has 6 heteroatoms. The van der Waals surface area contributed by atoms with Crippen LogP contribution < -0.4 is 0 Å². The van der Waals surface area contributed by atoms with E-state index in [4.69, 9.17) is 0 Å². The molecule has 0 aromatic carbocycles. The number of thiophene rings is 1. The van der Waals surface area contributed by atoms with Gasteiger partial charge in [0.15, 0.2) is 0 Å². The van der Waals surface area contributed by atoms with Crippen molar-refractivity contribution in [1.29, 1.82) is 0 Å². The molecule has 23 heavy (non-hydrogen) atoms. The zero-order valence-corrected chi connectivity index (χ0v) is 15.9. The number of aryl methyl sites for hydroxylation is 1. The monoisotopic (exact) mass is 396 g/mol. The third-order valence-corrected chi connectivity index (χ3v) is 6.00. The first-order valence-corrected chi connectivity index (χ1v) is 10.1. The van der Waals surface area contributed by atoms with Gasteiger partial charge in [-0.05, 0) is 53.5 Å². The summed E-state index contributed by atoms with van der Waals surface area (Å²) < 4.78 is 3.27. The Bertz CT molecular complexity index is 561. The normalized spacial score (nSPS) is 16.9. The van der Waals surface area contributed by atoms with E-state index in [1.165, 1.54) is 60.6 Å². The number of hydrogen-bond donors (Lipinski definition) is 0. The highest BCUT2D eigenvalue weighted by Gasteiger charge is 2.16.